The number of aryl methyl sites for hydroxylation is 1. The van der Waals surface area contributed by atoms with Gasteiger partial charge in [0.25, 0.3) is 10.0 Å². The Kier molecular flexibility index (Phi) is 11.7. The fourth-order valence-electron chi connectivity index (χ4n) is 4.93. The summed E-state index contributed by atoms with van der Waals surface area (Å²) < 4.78 is 70.1. The van der Waals surface area contributed by atoms with Crippen LogP contribution in [0.15, 0.2) is 108 Å². The number of carbonyl (C=O) groups is 2. The molecule has 12 heteroatoms. The van der Waals surface area contributed by atoms with E-state index in [1.165, 1.54) is 23.1 Å². The largest absolute Gasteiger partial charge is 0.416 e. The molecule has 0 heterocycles. The smallest absolute Gasteiger partial charge is 0.354 e. The zero-order chi connectivity index (χ0) is 34.2. The molecule has 4 aromatic carbocycles. The predicted octanol–water partition coefficient (Wildman–Crippen LogP) is 7.03. The Labute approximate surface area is 278 Å². The molecule has 0 fully saturated rings. The van der Waals surface area contributed by atoms with Crippen molar-refractivity contribution >= 4 is 39.1 Å². The average molecular weight is 686 g/mol. The number of hydrogen-bond donors (Lipinski definition) is 1. The van der Waals surface area contributed by atoms with Crippen molar-refractivity contribution in [3.05, 3.63) is 130 Å². The van der Waals surface area contributed by atoms with Crippen molar-refractivity contribution in [3.63, 3.8) is 0 Å². The van der Waals surface area contributed by atoms with E-state index in [4.69, 9.17) is 11.6 Å². The number of carbonyl (C=O) groups excluding carboxylic acids is 2. The molecule has 0 aromatic heterocycles. The highest BCUT2D eigenvalue weighted by Gasteiger charge is 2.36. The van der Waals surface area contributed by atoms with Crippen LogP contribution in [-0.2, 0) is 38.8 Å². The molecule has 4 rings (SSSR count). The van der Waals surface area contributed by atoms with E-state index in [-0.39, 0.29) is 23.5 Å². The van der Waals surface area contributed by atoms with Gasteiger partial charge in [-0.05, 0) is 60.9 Å². The molecule has 1 atom stereocenters. The maximum absolute atomic E-state index is 14.4. The highest BCUT2D eigenvalue weighted by Crippen LogP contribution is 2.33. The molecular weight excluding hydrogens is 651 g/mol. The van der Waals surface area contributed by atoms with E-state index in [2.05, 4.69) is 5.32 Å². The summed E-state index contributed by atoms with van der Waals surface area (Å²) >= 11 is 6.48. The number of anilines is 1. The summed E-state index contributed by atoms with van der Waals surface area (Å²) in [5, 5.41) is 3.16. The predicted molar refractivity (Wildman–Crippen MR) is 176 cm³/mol. The molecule has 47 heavy (non-hydrogen) atoms. The van der Waals surface area contributed by atoms with Gasteiger partial charge in [0.1, 0.15) is 12.6 Å². The second-order valence-electron chi connectivity index (χ2n) is 11.0. The number of amides is 2. The highest BCUT2D eigenvalue weighted by atomic mass is 35.5. The molecule has 0 saturated carbocycles. The molecule has 2 amide bonds. The summed E-state index contributed by atoms with van der Waals surface area (Å²) in [6.07, 6.45) is -4.06. The van der Waals surface area contributed by atoms with Gasteiger partial charge in [0.05, 0.1) is 16.1 Å². The van der Waals surface area contributed by atoms with Gasteiger partial charge in [-0.1, -0.05) is 90.8 Å². The van der Waals surface area contributed by atoms with Crippen LogP contribution in [0.3, 0.4) is 0 Å². The maximum Gasteiger partial charge on any atom is 0.416 e. The lowest BCUT2D eigenvalue weighted by atomic mass is 10.0. The average Bonchev–Trinajstić information content (AvgIpc) is 3.05. The van der Waals surface area contributed by atoms with Crippen LogP contribution in [0.1, 0.15) is 35.6 Å². The molecule has 248 valence electrons. The number of nitrogens with zero attached hydrogens (tertiary/aromatic N) is 2. The van der Waals surface area contributed by atoms with Crippen LogP contribution in [0.2, 0.25) is 5.02 Å². The van der Waals surface area contributed by atoms with Crippen LogP contribution in [-0.4, -0.2) is 44.3 Å². The third-order valence-corrected chi connectivity index (χ3v) is 9.62. The molecule has 0 bridgehead atoms. The van der Waals surface area contributed by atoms with Gasteiger partial charge in [0.15, 0.2) is 0 Å². The number of hydrogen-bond acceptors (Lipinski definition) is 4. The molecule has 7 nitrogen and oxygen atoms in total. The van der Waals surface area contributed by atoms with E-state index < -0.39 is 46.2 Å². The lowest BCUT2D eigenvalue weighted by molar-refractivity contribution is -0.140. The van der Waals surface area contributed by atoms with E-state index in [9.17, 15) is 31.2 Å². The lowest BCUT2D eigenvalue weighted by Gasteiger charge is -2.34. The van der Waals surface area contributed by atoms with Crippen LogP contribution in [0, 0.1) is 6.92 Å². The third-order valence-electron chi connectivity index (χ3n) is 7.47. The highest BCUT2D eigenvalue weighted by molar-refractivity contribution is 7.92. The van der Waals surface area contributed by atoms with Gasteiger partial charge < -0.3 is 10.2 Å². The van der Waals surface area contributed by atoms with Crippen molar-refractivity contribution in [2.45, 2.75) is 50.3 Å². The van der Waals surface area contributed by atoms with Crippen molar-refractivity contribution in [3.8, 4) is 0 Å². The van der Waals surface area contributed by atoms with Gasteiger partial charge in [-0.2, -0.15) is 13.2 Å². The molecule has 0 radical (unpaired) electrons. The standard InChI is InChI=1S/C35H35ClF3N3O4S/c1-3-20-40-34(44)32(21-26-10-5-4-6-11-26)41(23-27-12-7-8-15-31(27)36)33(43)24-42(29-14-9-13-28(22-29)35(37,38)39)47(45,46)30-18-16-25(2)17-19-30/h4-19,22,32H,3,20-21,23-24H2,1-2H3,(H,40,44)/t32-/m1/s1. The number of benzene rings is 4. The number of sulfonamides is 1. The second kappa shape index (κ2) is 15.5. The Hall–Kier alpha value is -4.35. The second-order valence-corrected chi connectivity index (χ2v) is 13.3. The van der Waals surface area contributed by atoms with Crippen molar-refractivity contribution in [1.82, 2.24) is 10.2 Å². The summed E-state index contributed by atoms with van der Waals surface area (Å²) in [5.74, 6) is -1.28. The van der Waals surface area contributed by atoms with Gasteiger partial charge in [-0.25, -0.2) is 8.42 Å². The molecule has 0 spiro atoms. The van der Waals surface area contributed by atoms with Crippen molar-refractivity contribution in [2.75, 3.05) is 17.4 Å². The minimum Gasteiger partial charge on any atom is -0.354 e. The Morgan fingerprint density at radius 1 is 0.894 bits per heavy atom. The van der Waals surface area contributed by atoms with E-state index in [1.54, 1.807) is 67.6 Å². The summed E-state index contributed by atoms with van der Waals surface area (Å²) in [4.78, 5) is 29.2. The molecule has 0 aliphatic heterocycles. The topological polar surface area (TPSA) is 86.8 Å². The SMILES string of the molecule is CCCNC(=O)[C@@H](Cc1ccccc1)N(Cc1ccccc1Cl)C(=O)CN(c1cccc(C(F)(F)F)c1)S(=O)(=O)c1ccc(C)cc1. The van der Waals surface area contributed by atoms with Gasteiger partial charge in [0, 0.05) is 24.5 Å². The van der Waals surface area contributed by atoms with Crippen molar-refractivity contribution in [2.24, 2.45) is 0 Å². The first-order valence-corrected chi connectivity index (χ1v) is 16.7. The fraction of sp³-hybridized carbons (Fsp3) is 0.257. The summed E-state index contributed by atoms with van der Waals surface area (Å²) in [6.45, 7) is 2.90. The summed E-state index contributed by atoms with van der Waals surface area (Å²) in [7, 11) is -4.57. The van der Waals surface area contributed by atoms with Gasteiger partial charge in [-0.15, -0.1) is 0 Å². The molecule has 0 unspecified atom stereocenters. The molecule has 0 saturated heterocycles. The molecule has 0 aliphatic rings. The summed E-state index contributed by atoms with van der Waals surface area (Å²) in [6, 6.07) is 24.1. The maximum atomic E-state index is 14.4. The Bertz CT molecular complexity index is 1790. The zero-order valence-electron chi connectivity index (χ0n) is 25.9. The first-order valence-electron chi connectivity index (χ1n) is 14.9. The van der Waals surface area contributed by atoms with Crippen LogP contribution < -0.4 is 9.62 Å². The quantitative estimate of drug-likeness (QED) is 0.164. The molecule has 0 aliphatic carbocycles. The number of nitrogens with one attached hydrogen (secondary N) is 1. The van der Waals surface area contributed by atoms with Gasteiger partial charge in [0.2, 0.25) is 11.8 Å². The fourth-order valence-corrected chi connectivity index (χ4v) is 6.54. The molecule has 4 aromatic rings. The normalized spacial score (nSPS) is 12.3. The van der Waals surface area contributed by atoms with Crippen LogP contribution in [0.5, 0.6) is 0 Å². The van der Waals surface area contributed by atoms with Crippen LogP contribution in [0.4, 0.5) is 18.9 Å². The first kappa shape index (κ1) is 35.5. The Morgan fingerprint density at radius 3 is 2.19 bits per heavy atom. The Balaban J connectivity index is 1.85. The molecular formula is C35H35ClF3N3O4S. The molecule has 1 N–H and O–H groups in total. The van der Waals surface area contributed by atoms with E-state index in [0.29, 0.717) is 33.9 Å². The number of rotatable bonds is 13. The minimum absolute atomic E-state index is 0.0842. The zero-order valence-corrected chi connectivity index (χ0v) is 27.4. The van der Waals surface area contributed by atoms with Crippen LogP contribution in [0.25, 0.3) is 0 Å². The lowest BCUT2D eigenvalue weighted by Crippen LogP contribution is -2.53. The van der Waals surface area contributed by atoms with Crippen LogP contribution >= 0.6 is 11.6 Å². The summed E-state index contributed by atoms with van der Waals surface area (Å²) in [5.41, 5.74) is 0.555. The van der Waals surface area contributed by atoms with Gasteiger partial charge >= 0.3 is 6.18 Å². The van der Waals surface area contributed by atoms with E-state index in [1.807, 2.05) is 13.0 Å². The van der Waals surface area contributed by atoms with Gasteiger partial charge in [-0.3, -0.25) is 13.9 Å². The van der Waals surface area contributed by atoms with E-state index in [0.717, 1.165) is 23.3 Å². The third kappa shape index (κ3) is 9.14. The minimum atomic E-state index is -4.77. The van der Waals surface area contributed by atoms with E-state index >= 15 is 0 Å². The van der Waals surface area contributed by atoms with Crippen molar-refractivity contribution < 1.29 is 31.2 Å². The Morgan fingerprint density at radius 2 is 1.55 bits per heavy atom. The van der Waals surface area contributed by atoms with Crippen molar-refractivity contribution in [1.29, 1.82) is 0 Å². The number of alkyl halides is 3. The first-order chi connectivity index (χ1) is 22.3. The number of halogens is 4. The monoisotopic (exact) mass is 685 g/mol.